The summed E-state index contributed by atoms with van der Waals surface area (Å²) >= 11 is 0. The molecule has 31 heavy (non-hydrogen) atoms. The first-order chi connectivity index (χ1) is 14.8. The minimum atomic E-state index is -4.50. The number of rotatable bonds is 5. The summed E-state index contributed by atoms with van der Waals surface area (Å²) in [5, 5.41) is 6.53. The highest BCUT2D eigenvalue weighted by Gasteiger charge is 2.33. The maximum atomic E-state index is 13.3. The summed E-state index contributed by atoms with van der Waals surface area (Å²) in [6, 6.07) is 13.4. The topological polar surface area (TPSA) is 68.5 Å². The van der Waals surface area contributed by atoms with Crippen molar-refractivity contribution in [1.82, 2.24) is 14.6 Å². The van der Waals surface area contributed by atoms with Gasteiger partial charge >= 0.3 is 6.18 Å². The number of fused-ring (bicyclic) bond motifs is 1. The molecule has 0 unspecified atom stereocenters. The predicted molar refractivity (Wildman–Crippen MR) is 104 cm³/mol. The van der Waals surface area contributed by atoms with E-state index in [0.717, 1.165) is 6.07 Å². The van der Waals surface area contributed by atoms with Crippen LogP contribution in [0.5, 0.6) is 5.75 Å². The van der Waals surface area contributed by atoms with Crippen molar-refractivity contribution >= 4 is 17.5 Å². The van der Waals surface area contributed by atoms with Crippen LogP contribution in [0.4, 0.5) is 23.5 Å². The van der Waals surface area contributed by atoms with Gasteiger partial charge in [0.05, 0.1) is 5.56 Å². The number of halogens is 4. The SMILES string of the molecule is O=C(COc1ccc(F)cc1)Nc1nc2ccc(-c3ccccc3C(F)(F)F)cn2n1. The quantitative estimate of drug-likeness (QED) is 0.471. The summed E-state index contributed by atoms with van der Waals surface area (Å²) in [4.78, 5) is 16.2. The van der Waals surface area contributed by atoms with E-state index in [9.17, 15) is 22.4 Å². The number of carbonyl (C=O) groups excluding carboxylic acids is 1. The largest absolute Gasteiger partial charge is 0.484 e. The van der Waals surface area contributed by atoms with E-state index in [0.29, 0.717) is 17.0 Å². The first-order valence-corrected chi connectivity index (χ1v) is 9.01. The highest BCUT2D eigenvalue weighted by Crippen LogP contribution is 2.36. The lowest BCUT2D eigenvalue weighted by atomic mass is 10.0. The number of hydrogen-bond donors (Lipinski definition) is 1. The highest BCUT2D eigenvalue weighted by molar-refractivity contribution is 5.90. The van der Waals surface area contributed by atoms with Crippen LogP contribution in [-0.4, -0.2) is 27.1 Å². The van der Waals surface area contributed by atoms with Gasteiger partial charge in [0.25, 0.3) is 5.91 Å². The average Bonchev–Trinajstić information content (AvgIpc) is 3.14. The molecule has 4 aromatic rings. The summed E-state index contributed by atoms with van der Waals surface area (Å²) in [6.07, 6.45) is -3.10. The molecule has 10 heteroatoms. The van der Waals surface area contributed by atoms with Crippen molar-refractivity contribution in [2.75, 3.05) is 11.9 Å². The van der Waals surface area contributed by atoms with Crippen LogP contribution in [0.3, 0.4) is 0 Å². The van der Waals surface area contributed by atoms with Crippen molar-refractivity contribution in [2.24, 2.45) is 0 Å². The lowest BCUT2D eigenvalue weighted by molar-refractivity contribution is -0.137. The van der Waals surface area contributed by atoms with Gasteiger partial charge in [-0.1, -0.05) is 18.2 Å². The Morgan fingerprint density at radius 2 is 1.77 bits per heavy atom. The Hall–Kier alpha value is -3.95. The van der Waals surface area contributed by atoms with Gasteiger partial charge in [-0.3, -0.25) is 10.1 Å². The number of alkyl halides is 3. The Labute approximate surface area is 173 Å². The van der Waals surface area contributed by atoms with Gasteiger partial charge in [-0.2, -0.15) is 18.2 Å². The van der Waals surface area contributed by atoms with Crippen molar-refractivity contribution < 1.29 is 27.1 Å². The van der Waals surface area contributed by atoms with Crippen LogP contribution in [0.15, 0.2) is 66.9 Å². The molecule has 1 N–H and O–H groups in total. The van der Waals surface area contributed by atoms with Gasteiger partial charge in [0, 0.05) is 11.8 Å². The van der Waals surface area contributed by atoms with Gasteiger partial charge in [-0.15, -0.1) is 5.10 Å². The molecular formula is C21H14F4N4O2. The van der Waals surface area contributed by atoms with Crippen LogP contribution in [0.2, 0.25) is 0 Å². The molecule has 0 saturated carbocycles. The van der Waals surface area contributed by atoms with Gasteiger partial charge < -0.3 is 4.74 Å². The summed E-state index contributed by atoms with van der Waals surface area (Å²) < 4.78 is 59.3. The zero-order valence-electron chi connectivity index (χ0n) is 15.7. The third kappa shape index (κ3) is 4.63. The molecule has 0 fully saturated rings. The van der Waals surface area contributed by atoms with Gasteiger partial charge in [-0.25, -0.2) is 8.91 Å². The van der Waals surface area contributed by atoms with E-state index < -0.39 is 23.5 Å². The molecule has 0 aliphatic carbocycles. The smallest absolute Gasteiger partial charge is 0.417 e. The first kappa shape index (κ1) is 20.3. The fourth-order valence-corrected chi connectivity index (χ4v) is 2.92. The van der Waals surface area contributed by atoms with E-state index in [1.54, 1.807) is 0 Å². The maximum Gasteiger partial charge on any atom is 0.417 e. The van der Waals surface area contributed by atoms with Crippen molar-refractivity contribution in [1.29, 1.82) is 0 Å². The van der Waals surface area contributed by atoms with Gasteiger partial charge in [0.1, 0.15) is 11.6 Å². The lowest BCUT2D eigenvalue weighted by Gasteiger charge is -2.12. The molecule has 1 amide bonds. The number of aromatic nitrogens is 3. The monoisotopic (exact) mass is 430 g/mol. The third-order valence-corrected chi connectivity index (χ3v) is 4.31. The second-order valence-corrected chi connectivity index (χ2v) is 6.49. The molecule has 158 valence electrons. The zero-order chi connectivity index (χ0) is 22.0. The van der Waals surface area contributed by atoms with Crippen LogP contribution in [0, 0.1) is 5.82 Å². The van der Waals surface area contributed by atoms with E-state index in [1.165, 1.54) is 65.3 Å². The van der Waals surface area contributed by atoms with Crippen LogP contribution in [0.1, 0.15) is 5.56 Å². The van der Waals surface area contributed by atoms with Crippen molar-refractivity contribution in [3.05, 3.63) is 78.2 Å². The first-order valence-electron chi connectivity index (χ1n) is 9.01. The van der Waals surface area contributed by atoms with Crippen molar-refractivity contribution in [2.45, 2.75) is 6.18 Å². The lowest BCUT2D eigenvalue weighted by Crippen LogP contribution is -2.20. The molecule has 0 radical (unpaired) electrons. The second kappa shape index (κ2) is 8.05. The van der Waals surface area contributed by atoms with E-state index in [4.69, 9.17) is 4.74 Å². The summed E-state index contributed by atoms with van der Waals surface area (Å²) in [5.41, 5.74) is -0.127. The number of carbonyl (C=O) groups is 1. The van der Waals surface area contributed by atoms with Gasteiger partial charge in [0.2, 0.25) is 5.95 Å². The number of amides is 1. The third-order valence-electron chi connectivity index (χ3n) is 4.31. The Kier molecular flexibility index (Phi) is 5.28. The summed E-state index contributed by atoms with van der Waals surface area (Å²) in [5.74, 6) is -0.702. The molecule has 6 nitrogen and oxygen atoms in total. The molecule has 0 aliphatic rings. The molecule has 2 aromatic carbocycles. The van der Waals surface area contributed by atoms with E-state index in [2.05, 4.69) is 15.4 Å². The molecule has 2 aromatic heterocycles. The zero-order valence-corrected chi connectivity index (χ0v) is 15.7. The summed E-state index contributed by atoms with van der Waals surface area (Å²) in [7, 11) is 0. The van der Waals surface area contributed by atoms with E-state index in [1.807, 2.05) is 0 Å². The fourth-order valence-electron chi connectivity index (χ4n) is 2.92. The van der Waals surface area contributed by atoms with Gasteiger partial charge in [0.15, 0.2) is 12.3 Å². The molecule has 2 heterocycles. The van der Waals surface area contributed by atoms with Crippen LogP contribution >= 0.6 is 0 Å². The number of ether oxygens (including phenoxy) is 1. The normalized spacial score (nSPS) is 11.5. The molecule has 4 rings (SSSR count). The fraction of sp³-hybridized carbons (Fsp3) is 0.0952. The second-order valence-electron chi connectivity index (χ2n) is 6.49. The number of pyridine rings is 1. The molecule has 0 spiro atoms. The Bertz CT molecular complexity index is 1240. The molecule has 0 bridgehead atoms. The Morgan fingerprint density at radius 1 is 1.03 bits per heavy atom. The number of benzene rings is 2. The van der Waals surface area contributed by atoms with Crippen LogP contribution in [-0.2, 0) is 11.0 Å². The van der Waals surface area contributed by atoms with Crippen LogP contribution in [0.25, 0.3) is 16.8 Å². The van der Waals surface area contributed by atoms with Crippen molar-refractivity contribution in [3.8, 4) is 16.9 Å². The minimum absolute atomic E-state index is 0.00526. The number of nitrogens with zero attached hydrogens (tertiary/aromatic N) is 3. The minimum Gasteiger partial charge on any atom is -0.484 e. The summed E-state index contributed by atoms with van der Waals surface area (Å²) in [6.45, 7) is -0.356. The highest BCUT2D eigenvalue weighted by atomic mass is 19.4. The van der Waals surface area contributed by atoms with E-state index in [-0.39, 0.29) is 18.1 Å². The number of anilines is 1. The standard InChI is InChI=1S/C21H14F4N4O2/c22-14-6-8-15(9-7-14)31-12-19(30)27-20-26-18-10-5-13(11-29(18)28-20)16-3-1-2-4-17(16)21(23,24)25/h1-11H,12H2,(H,27,28,30). The number of hydrogen-bond acceptors (Lipinski definition) is 4. The maximum absolute atomic E-state index is 13.3. The molecule has 0 atom stereocenters. The molecule has 0 aliphatic heterocycles. The molecular weight excluding hydrogens is 416 g/mol. The number of nitrogens with one attached hydrogen (secondary N) is 1. The van der Waals surface area contributed by atoms with E-state index >= 15 is 0 Å². The predicted octanol–water partition coefficient (Wildman–Crippen LogP) is 4.57. The average molecular weight is 430 g/mol. The van der Waals surface area contributed by atoms with Crippen molar-refractivity contribution in [3.63, 3.8) is 0 Å². The van der Waals surface area contributed by atoms with Gasteiger partial charge in [-0.05, 0) is 48.0 Å². The Morgan fingerprint density at radius 3 is 2.52 bits per heavy atom. The molecule has 0 saturated heterocycles. The Balaban J connectivity index is 1.50. The van der Waals surface area contributed by atoms with Crippen LogP contribution < -0.4 is 10.1 Å².